The molecule has 0 unspecified atom stereocenters. The van der Waals surface area contributed by atoms with Crippen molar-refractivity contribution in [3.05, 3.63) is 29.7 Å². The van der Waals surface area contributed by atoms with Crippen LogP contribution in [0, 0.1) is 5.82 Å². The Hall–Kier alpha value is -2.44. The molecule has 6 nitrogen and oxygen atoms in total. The average Bonchev–Trinajstić information content (AvgIpc) is 2.81. The summed E-state index contributed by atoms with van der Waals surface area (Å²) in [5.41, 5.74) is 0.770. The first-order chi connectivity index (χ1) is 9.22. The van der Waals surface area contributed by atoms with E-state index in [9.17, 15) is 14.0 Å². The molecule has 0 aliphatic rings. The number of amides is 2. The zero-order chi connectivity index (χ0) is 13.7. The Bertz CT molecular complexity index is 596. The summed E-state index contributed by atoms with van der Waals surface area (Å²) in [5, 5.41) is 12.1. The number of aromatic amines is 1. The van der Waals surface area contributed by atoms with Crippen molar-refractivity contribution < 1.29 is 14.0 Å². The lowest BCUT2D eigenvalue weighted by Gasteiger charge is -2.02. The van der Waals surface area contributed by atoms with E-state index in [1.165, 1.54) is 18.2 Å². The van der Waals surface area contributed by atoms with Crippen LogP contribution in [0.25, 0.3) is 10.9 Å². The van der Waals surface area contributed by atoms with Gasteiger partial charge in [0.2, 0.25) is 6.41 Å². The van der Waals surface area contributed by atoms with Crippen LogP contribution in [0.5, 0.6) is 0 Å². The number of nitrogens with zero attached hydrogens (tertiary/aromatic N) is 1. The molecule has 0 radical (unpaired) electrons. The first kappa shape index (κ1) is 13.0. The van der Waals surface area contributed by atoms with Gasteiger partial charge in [0.1, 0.15) is 5.82 Å². The first-order valence-electron chi connectivity index (χ1n) is 5.81. The lowest BCUT2D eigenvalue weighted by molar-refractivity contribution is -0.109. The number of rotatable bonds is 6. The summed E-state index contributed by atoms with van der Waals surface area (Å²) in [6, 6.07) is 4.09. The van der Waals surface area contributed by atoms with Crippen LogP contribution in [-0.2, 0) is 4.79 Å². The van der Waals surface area contributed by atoms with Gasteiger partial charge in [-0.2, -0.15) is 5.10 Å². The molecule has 7 heteroatoms. The lowest BCUT2D eigenvalue weighted by Crippen LogP contribution is -2.27. The number of hydrogen-bond donors (Lipinski definition) is 3. The second-order valence-electron chi connectivity index (χ2n) is 3.94. The molecule has 19 heavy (non-hydrogen) atoms. The maximum absolute atomic E-state index is 13.1. The van der Waals surface area contributed by atoms with Crippen molar-refractivity contribution in [2.75, 3.05) is 13.1 Å². The molecule has 0 fully saturated rings. The molecule has 2 aromatic rings. The Morgan fingerprint density at radius 1 is 1.42 bits per heavy atom. The largest absolute Gasteiger partial charge is 0.359 e. The van der Waals surface area contributed by atoms with Crippen molar-refractivity contribution in [3.8, 4) is 0 Å². The normalized spacial score (nSPS) is 10.4. The minimum Gasteiger partial charge on any atom is -0.359 e. The van der Waals surface area contributed by atoms with E-state index < -0.39 is 5.82 Å². The van der Waals surface area contributed by atoms with E-state index in [1.807, 2.05) is 0 Å². The molecule has 0 spiro atoms. The number of fused-ring (bicyclic) bond motifs is 1. The second-order valence-corrected chi connectivity index (χ2v) is 3.94. The molecule has 1 aromatic carbocycles. The van der Waals surface area contributed by atoms with Gasteiger partial charge in [-0.15, -0.1) is 0 Å². The van der Waals surface area contributed by atoms with Crippen molar-refractivity contribution in [1.29, 1.82) is 0 Å². The van der Waals surface area contributed by atoms with Crippen molar-refractivity contribution in [1.82, 2.24) is 20.8 Å². The standard InChI is InChI=1S/C12H13FN4O2/c13-8-2-3-10-9(6-8)11(17-16-10)12(19)15-5-1-4-14-7-18/h2-3,6-7H,1,4-5H2,(H,14,18)(H,15,19)(H,16,17). The molecule has 1 aromatic heterocycles. The van der Waals surface area contributed by atoms with Gasteiger partial charge in [-0.1, -0.05) is 0 Å². The molecule has 0 aliphatic heterocycles. The van der Waals surface area contributed by atoms with E-state index in [2.05, 4.69) is 20.8 Å². The lowest BCUT2D eigenvalue weighted by atomic mass is 10.2. The number of hydrogen-bond acceptors (Lipinski definition) is 3. The van der Waals surface area contributed by atoms with Gasteiger partial charge in [0.05, 0.1) is 5.52 Å². The average molecular weight is 264 g/mol. The Morgan fingerprint density at radius 2 is 2.26 bits per heavy atom. The molecule has 3 N–H and O–H groups in total. The third-order valence-electron chi connectivity index (χ3n) is 2.61. The number of carbonyl (C=O) groups excluding carboxylic acids is 2. The highest BCUT2D eigenvalue weighted by molar-refractivity contribution is 6.04. The van der Waals surface area contributed by atoms with E-state index in [4.69, 9.17) is 0 Å². The Kier molecular flexibility index (Phi) is 4.07. The van der Waals surface area contributed by atoms with Crippen LogP contribution in [0.15, 0.2) is 18.2 Å². The zero-order valence-electron chi connectivity index (χ0n) is 10.1. The summed E-state index contributed by atoms with van der Waals surface area (Å²) >= 11 is 0. The molecule has 1 heterocycles. The summed E-state index contributed by atoms with van der Waals surface area (Å²) in [6.07, 6.45) is 1.22. The van der Waals surface area contributed by atoms with Gasteiger partial charge in [0, 0.05) is 18.5 Å². The highest BCUT2D eigenvalue weighted by Gasteiger charge is 2.13. The third kappa shape index (κ3) is 3.06. The fourth-order valence-electron chi connectivity index (χ4n) is 1.69. The van der Waals surface area contributed by atoms with E-state index in [0.717, 1.165) is 0 Å². The third-order valence-corrected chi connectivity index (χ3v) is 2.61. The zero-order valence-corrected chi connectivity index (χ0v) is 10.1. The Labute approximate surface area is 108 Å². The van der Waals surface area contributed by atoms with Crippen LogP contribution in [-0.4, -0.2) is 35.6 Å². The van der Waals surface area contributed by atoms with Crippen molar-refractivity contribution in [2.24, 2.45) is 0 Å². The number of H-pyrrole nitrogens is 1. The fourth-order valence-corrected chi connectivity index (χ4v) is 1.69. The predicted molar refractivity (Wildman–Crippen MR) is 67.1 cm³/mol. The van der Waals surface area contributed by atoms with Gasteiger partial charge in [-0.3, -0.25) is 14.7 Å². The van der Waals surface area contributed by atoms with E-state index in [-0.39, 0.29) is 11.6 Å². The predicted octanol–water partition coefficient (Wildman–Crippen LogP) is 0.568. The summed E-state index contributed by atoms with van der Waals surface area (Å²) in [6.45, 7) is 0.892. The first-order valence-corrected chi connectivity index (χ1v) is 5.81. The SMILES string of the molecule is O=CNCCCNC(=O)c1n[nH]c2ccc(F)cc12. The van der Waals surface area contributed by atoms with E-state index >= 15 is 0 Å². The van der Waals surface area contributed by atoms with Crippen LogP contribution < -0.4 is 10.6 Å². The highest BCUT2D eigenvalue weighted by atomic mass is 19.1. The van der Waals surface area contributed by atoms with Gasteiger partial charge in [0.15, 0.2) is 5.69 Å². The number of nitrogens with one attached hydrogen (secondary N) is 3. The number of halogens is 1. The van der Waals surface area contributed by atoms with Crippen LogP contribution in [0.2, 0.25) is 0 Å². The summed E-state index contributed by atoms with van der Waals surface area (Å²) in [5.74, 6) is -0.791. The van der Waals surface area contributed by atoms with Crippen molar-refractivity contribution in [2.45, 2.75) is 6.42 Å². The minimum absolute atomic E-state index is 0.165. The van der Waals surface area contributed by atoms with Crippen LogP contribution in [0.1, 0.15) is 16.9 Å². The summed E-state index contributed by atoms with van der Waals surface area (Å²) in [4.78, 5) is 21.9. The van der Waals surface area contributed by atoms with Gasteiger partial charge in [-0.25, -0.2) is 4.39 Å². The van der Waals surface area contributed by atoms with Gasteiger partial charge in [0.25, 0.3) is 5.91 Å². The molecule has 0 saturated heterocycles. The summed E-state index contributed by atoms with van der Waals surface area (Å²) in [7, 11) is 0. The second kappa shape index (κ2) is 5.94. The maximum Gasteiger partial charge on any atom is 0.272 e. The fraction of sp³-hybridized carbons (Fsp3) is 0.250. The quantitative estimate of drug-likeness (QED) is 0.526. The van der Waals surface area contributed by atoms with Crippen LogP contribution >= 0.6 is 0 Å². The molecule has 2 rings (SSSR count). The number of aromatic nitrogens is 2. The van der Waals surface area contributed by atoms with Gasteiger partial charge in [-0.05, 0) is 24.6 Å². The summed E-state index contributed by atoms with van der Waals surface area (Å²) < 4.78 is 13.1. The van der Waals surface area contributed by atoms with Gasteiger partial charge < -0.3 is 10.6 Å². The Balaban J connectivity index is 2.01. The molecule has 100 valence electrons. The number of benzene rings is 1. The van der Waals surface area contributed by atoms with E-state index in [1.54, 1.807) is 0 Å². The molecule has 0 atom stereocenters. The molecule has 0 aliphatic carbocycles. The van der Waals surface area contributed by atoms with E-state index in [0.29, 0.717) is 36.8 Å². The minimum atomic E-state index is -0.418. The molecule has 2 amide bonds. The topological polar surface area (TPSA) is 86.9 Å². The monoisotopic (exact) mass is 264 g/mol. The molecule has 0 saturated carbocycles. The van der Waals surface area contributed by atoms with Crippen LogP contribution in [0.4, 0.5) is 4.39 Å². The van der Waals surface area contributed by atoms with Gasteiger partial charge >= 0.3 is 0 Å². The maximum atomic E-state index is 13.1. The highest BCUT2D eigenvalue weighted by Crippen LogP contribution is 2.16. The van der Waals surface area contributed by atoms with Crippen LogP contribution in [0.3, 0.4) is 0 Å². The molecule has 0 bridgehead atoms. The molecular formula is C12H13FN4O2. The van der Waals surface area contributed by atoms with Crippen molar-refractivity contribution in [3.63, 3.8) is 0 Å². The smallest absolute Gasteiger partial charge is 0.272 e. The number of carbonyl (C=O) groups is 2. The Morgan fingerprint density at radius 3 is 3.05 bits per heavy atom. The van der Waals surface area contributed by atoms with Crippen molar-refractivity contribution >= 4 is 23.2 Å². The molecular weight excluding hydrogens is 251 g/mol.